The van der Waals surface area contributed by atoms with Crippen LogP contribution >= 0.6 is 0 Å². The Kier molecular flexibility index (Phi) is 6.49. The van der Waals surface area contributed by atoms with Crippen LogP contribution in [0.25, 0.3) is 0 Å². The fraction of sp³-hybridized carbons (Fsp3) is 0.0952. The van der Waals surface area contributed by atoms with E-state index < -0.39 is 22.4 Å². The zero-order valence-electron chi connectivity index (χ0n) is 15.8. The number of ether oxygens (including phenoxy) is 1. The normalized spacial score (nSPS) is 11.5. The predicted octanol–water partition coefficient (Wildman–Crippen LogP) is 5.78. The summed E-state index contributed by atoms with van der Waals surface area (Å²) in [7, 11) is 0. The van der Waals surface area contributed by atoms with E-state index in [-0.39, 0.29) is 18.1 Å². The van der Waals surface area contributed by atoms with E-state index in [0.717, 1.165) is 17.7 Å². The SMILES string of the molecule is O=[N+]([O-])c1cc(C(F)(F)F)ccc1N/N=C\c1cccc(OCc2ccc(F)cc2)c1. The van der Waals surface area contributed by atoms with Gasteiger partial charge in [-0.2, -0.15) is 18.3 Å². The molecule has 3 rings (SSSR count). The largest absolute Gasteiger partial charge is 0.489 e. The van der Waals surface area contributed by atoms with Gasteiger partial charge in [0, 0.05) is 6.07 Å². The summed E-state index contributed by atoms with van der Waals surface area (Å²) in [4.78, 5) is 10.2. The highest BCUT2D eigenvalue weighted by Gasteiger charge is 2.33. The third kappa shape index (κ3) is 6.01. The van der Waals surface area contributed by atoms with Gasteiger partial charge in [0.25, 0.3) is 5.69 Å². The number of nitro benzene ring substituents is 1. The summed E-state index contributed by atoms with van der Waals surface area (Å²) < 4.78 is 56.9. The Hall–Kier alpha value is -3.95. The highest BCUT2D eigenvalue weighted by Crippen LogP contribution is 2.34. The molecule has 1 N–H and O–H groups in total. The molecular weight excluding hydrogens is 418 g/mol. The maximum absolute atomic E-state index is 12.9. The van der Waals surface area contributed by atoms with Crippen molar-refractivity contribution in [3.05, 3.63) is 99.4 Å². The van der Waals surface area contributed by atoms with Crippen molar-refractivity contribution in [1.29, 1.82) is 0 Å². The second-order valence-electron chi connectivity index (χ2n) is 6.34. The lowest BCUT2D eigenvalue weighted by Gasteiger charge is -2.08. The highest BCUT2D eigenvalue weighted by atomic mass is 19.4. The molecular formula is C21H15F4N3O3. The van der Waals surface area contributed by atoms with Crippen molar-refractivity contribution in [2.24, 2.45) is 5.10 Å². The van der Waals surface area contributed by atoms with Crippen LogP contribution in [0, 0.1) is 15.9 Å². The standard InChI is InChI=1S/C21H15F4N3O3/c22-17-7-4-14(5-8-17)13-31-18-3-1-2-15(10-18)12-26-27-19-9-6-16(21(23,24)25)11-20(19)28(29)30/h1-12,27H,13H2/b26-12-. The number of hydrogen-bond donors (Lipinski definition) is 1. The summed E-state index contributed by atoms with van der Waals surface area (Å²) in [6.45, 7) is 0.219. The number of rotatable bonds is 7. The number of benzene rings is 3. The van der Waals surface area contributed by atoms with Crippen LogP contribution in [0.3, 0.4) is 0 Å². The van der Waals surface area contributed by atoms with Gasteiger partial charge < -0.3 is 4.74 Å². The van der Waals surface area contributed by atoms with Crippen LogP contribution in [0.4, 0.5) is 28.9 Å². The number of hydrazone groups is 1. The molecule has 0 spiro atoms. The van der Waals surface area contributed by atoms with Crippen LogP contribution in [0.2, 0.25) is 0 Å². The minimum atomic E-state index is -4.69. The van der Waals surface area contributed by atoms with Gasteiger partial charge in [-0.05, 0) is 47.5 Å². The lowest BCUT2D eigenvalue weighted by Crippen LogP contribution is -2.06. The predicted molar refractivity (Wildman–Crippen MR) is 106 cm³/mol. The molecule has 0 saturated carbocycles. The Labute approximate surface area is 173 Å². The summed E-state index contributed by atoms with van der Waals surface area (Å²) >= 11 is 0. The number of alkyl halides is 3. The van der Waals surface area contributed by atoms with Crippen molar-refractivity contribution in [2.75, 3.05) is 5.43 Å². The van der Waals surface area contributed by atoms with Crippen molar-refractivity contribution in [1.82, 2.24) is 0 Å². The quantitative estimate of drug-likeness (QED) is 0.222. The van der Waals surface area contributed by atoms with Gasteiger partial charge in [-0.1, -0.05) is 24.3 Å². The molecule has 0 aliphatic rings. The van der Waals surface area contributed by atoms with Crippen molar-refractivity contribution in [2.45, 2.75) is 12.8 Å². The van der Waals surface area contributed by atoms with Gasteiger partial charge in [-0.25, -0.2) is 4.39 Å². The Balaban J connectivity index is 1.68. The Morgan fingerprint density at radius 2 is 1.81 bits per heavy atom. The molecule has 0 aliphatic carbocycles. The van der Waals surface area contributed by atoms with Crippen molar-refractivity contribution >= 4 is 17.6 Å². The Morgan fingerprint density at radius 3 is 2.48 bits per heavy atom. The summed E-state index contributed by atoms with van der Waals surface area (Å²) in [5.74, 6) is 0.163. The Bertz CT molecular complexity index is 1100. The van der Waals surface area contributed by atoms with Crippen molar-refractivity contribution < 1.29 is 27.2 Å². The average Bonchev–Trinajstić information content (AvgIpc) is 2.73. The van der Waals surface area contributed by atoms with Gasteiger partial charge in [-0.15, -0.1) is 0 Å². The first-order chi connectivity index (χ1) is 14.7. The summed E-state index contributed by atoms with van der Waals surface area (Å²) in [6.07, 6.45) is -3.35. The molecule has 0 radical (unpaired) electrons. The number of hydrogen-bond acceptors (Lipinski definition) is 5. The topological polar surface area (TPSA) is 76.8 Å². The molecule has 3 aromatic carbocycles. The van der Waals surface area contributed by atoms with E-state index in [4.69, 9.17) is 4.74 Å². The molecule has 0 fully saturated rings. The summed E-state index contributed by atoms with van der Waals surface area (Å²) in [5.41, 5.74) is 1.69. The molecule has 6 nitrogen and oxygen atoms in total. The molecule has 0 unspecified atom stereocenters. The van der Waals surface area contributed by atoms with E-state index in [1.807, 2.05) is 0 Å². The van der Waals surface area contributed by atoms with Gasteiger partial charge in [0.1, 0.15) is 23.9 Å². The molecule has 0 aromatic heterocycles. The summed E-state index contributed by atoms with van der Waals surface area (Å²) in [5, 5.41) is 15.0. The fourth-order valence-corrected chi connectivity index (χ4v) is 2.56. The highest BCUT2D eigenvalue weighted by molar-refractivity contribution is 5.81. The number of halogens is 4. The number of nitro groups is 1. The van der Waals surface area contributed by atoms with Crippen LogP contribution in [-0.4, -0.2) is 11.1 Å². The van der Waals surface area contributed by atoms with Gasteiger partial charge in [0.05, 0.1) is 16.7 Å². The minimum absolute atomic E-state index is 0.182. The first-order valence-corrected chi connectivity index (χ1v) is 8.84. The molecule has 0 bridgehead atoms. The molecule has 10 heteroatoms. The van der Waals surface area contributed by atoms with E-state index in [1.165, 1.54) is 18.3 Å². The third-order valence-electron chi connectivity index (χ3n) is 4.10. The maximum Gasteiger partial charge on any atom is 0.416 e. The maximum atomic E-state index is 12.9. The molecule has 0 saturated heterocycles. The number of anilines is 1. The van der Waals surface area contributed by atoms with E-state index >= 15 is 0 Å². The number of nitrogens with zero attached hydrogens (tertiary/aromatic N) is 2. The molecule has 3 aromatic rings. The second kappa shape index (κ2) is 9.24. The van der Waals surface area contributed by atoms with Crippen molar-refractivity contribution in [3.8, 4) is 5.75 Å². The second-order valence-corrected chi connectivity index (χ2v) is 6.34. The number of nitrogens with one attached hydrogen (secondary N) is 1. The van der Waals surface area contributed by atoms with Crippen LogP contribution < -0.4 is 10.2 Å². The molecule has 0 atom stereocenters. The van der Waals surface area contributed by atoms with Gasteiger partial charge in [0.2, 0.25) is 0 Å². The molecule has 0 heterocycles. The van der Waals surface area contributed by atoms with Gasteiger partial charge in [-0.3, -0.25) is 15.5 Å². The first kappa shape index (κ1) is 21.8. The van der Waals surface area contributed by atoms with Gasteiger partial charge >= 0.3 is 6.18 Å². The van der Waals surface area contributed by atoms with E-state index in [9.17, 15) is 27.7 Å². The van der Waals surface area contributed by atoms with E-state index in [0.29, 0.717) is 17.4 Å². The summed E-state index contributed by atoms with van der Waals surface area (Å²) in [6, 6.07) is 14.7. The van der Waals surface area contributed by atoms with E-state index in [1.54, 1.807) is 36.4 Å². The minimum Gasteiger partial charge on any atom is -0.489 e. The average molecular weight is 433 g/mol. The van der Waals surface area contributed by atoms with Crippen LogP contribution in [0.15, 0.2) is 71.8 Å². The zero-order chi connectivity index (χ0) is 22.4. The smallest absolute Gasteiger partial charge is 0.416 e. The van der Waals surface area contributed by atoms with E-state index in [2.05, 4.69) is 10.5 Å². The van der Waals surface area contributed by atoms with Crippen LogP contribution in [0.5, 0.6) is 5.75 Å². The fourth-order valence-electron chi connectivity index (χ4n) is 2.56. The van der Waals surface area contributed by atoms with Gasteiger partial charge in [0.15, 0.2) is 0 Å². The monoisotopic (exact) mass is 433 g/mol. The lowest BCUT2D eigenvalue weighted by atomic mass is 10.1. The third-order valence-corrected chi connectivity index (χ3v) is 4.10. The van der Waals surface area contributed by atoms with Crippen LogP contribution in [-0.2, 0) is 12.8 Å². The van der Waals surface area contributed by atoms with Crippen molar-refractivity contribution in [3.63, 3.8) is 0 Å². The first-order valence-electron chi connectivity index (χ1n) is 8.84. The molecule has 0 aliphatic heterocycles. The Morgan fingerprint density at radius 1 is 1.06 bits per heavy atom. The molecule has 0 amide bonds. The molecule has 31 heavy (non-hydrogen) atoms. The van der Waals surface area contributed by atoms with Crippen LogP contribution in [0.1, 0.15) is 16.7 Å². The zero-order valence-corrected chi connectivity index (χ0v) is 15.8. The molecule has 160 valence electrons. The lowest BCUT2D eigenvalue weighted by molar-refractivity contribution is -0.384.